The van der Waals surface area contributed by atoms with Crippen LogP contribution < -0.4 is 5.32 Å². The summed E-state index contributed by atoms with van der Waals surface area (Å²) in [6, 6.07) is 7.12. The van der Waals surface area contributed by atoms with Crippen molar-refractivity contribution in [3.8, 4) is 0 Å². The van der Waals surface area contributed by atoms with E-state index in [1.165, 1.54) is 0 Å². The molecule has 0 spiro atoms. The van der Waals surface area contributed by atoms with Crippen molar-refractivity contribution in [1.29, 1.82) is 0 Å². The van der Waals surface area contributed by atoms with Crippen molar-refractivity contribution in [2.24, 2.45) is 5.41 Å². The van der Waals surface area contributed by atoms with Crippen molar-refractivity contribution in [1.82, 2.24) is 5.32 Å². The summed E-state index contributed by atoms with van der Waals surface area (Å²) >= 11 is 0. The van der Waals surface area contributed by atoms with E-state index in [4.69, 9.17) is 5.11 Å². The van der Waals surface area contributed by atoms with Crippen LogP contribution in [0.5, 0.6) is 0 Å². The van der Waals surface area contributed by atoms with Gasteiger partial charge < -0.3 is 15.5 Å². The Morgan fingerprint density at radius 2 is 2.05 bits per heavy atom. The molecule has 0 aromatic heterocycles. The number of carboxylic acids is 1. The number of carbonyl (C=O) groups is 2. The smallest absolute Gasteiger partial charge is 0.304 e. The molecule has 1 aromatic rings. The molecule has 0 aliphatic carbocycles. The maximum atomic E-state index is 11.9. The summed E-state index contributed by atoms with van der Waals surface area (Å²) in [7, 11) is 0. The first-order valence-corrected chi connectivity index (χ1v) is 6.04. The van der Waals surface area contributed by atoms with Crippen molar-refractivity contribution in [3.63, 3.8) is 0 Å². The van der Waals surface area contributed by atoms with Crippen LogP contribution in [0.15, 0.2) is 24.3 Å². The lowest BCUT2D eigenvalue weighted by atomic mass is 9.87. The SMILES string of the molecule is Cc1cccc(C(=O)NCC(C)(CO)CC(=O)O)c1. The normalized spacial score (nSPS) is 13.6. The third-order valence-corrected chi connectivity index (χ3v) is 2.92. The van der Waals surface area contributed by atoms with Gasteiger partial charge in [-0.05, 0) is 19.1 Å². The number of hydrogen-bond acceptors (Lipinski definition) is 3. The summed E-state index contributed by atoms with van der Waals surface area (Å²) < 4.78 is 0. The Kier molecular flexibility index (Phi) is 5.06. The molecule has 104 valence electrons. The number of rotatable bonds is 6. The van der Waals surface area contributed by atoms with Gasteiger partial charge in [0, 0.05) is 17.5 Å². The fourth-order valence-electron chi connectivity index (χ4n) is 1.72. The minimum Gasteiger partial charge on any atom is -0.481 e. The Morgan fingerprint density at radius 3 is 2.58 bits per heavy atom. The zero-order valence-electron chi connectivity index (χ0n) is 11.1. The fraction of sp³-hybridized carbons (Fsp3) is 0.429. The highest BCUT2D eigenvalue weighted by Crippen LogP contribution is 2.19. The topological polar surface area (TPSA) is 86.6 Å². The Morgan fingerprint density at radius 1 is 1.37 bits per heavy atom. The first-order chi connectivity index (χ1) is 8.86. The van der Waals surface area contributed by atoms with Gasteiger partial charge in [-0.25, -0.2) is 0 Å². The van der Waals surface area contributed by atoms with E-state index in [1.54, 1.807) is 25.1 Å². The lowest BCUT2D eigenvalue weighted by Gasteiger charge is -2.25. The number of nitrogens with one attached hydrogen (secondary N) is 1. The zero-order chi connectivity index (χ0) is 14.5. The van der Waals surface area contributed by atoms with Gasteiger partial charge in [0.1, 0.15) is 0 Å². The quantitative estimate of drug-likeness (QED) is 0.721. The number of aliphatic hydroxyl groups is 1. The molecule has 19 heavy (non-hydrogen) atoms. The zero-order valence-corrected chi connectivity index (χ0v) is 11.1. The second kappa shape index (κ2) is 6.33. The molecule has 0 aliphatic heterocycles. The number of aliphatic hydroxyl groups excluding tert-OH is 1. The average Bonchev–Trinajstić information content (AvgIpc) is 2.35. The summed E-state index contributed by atoms with van der Waals surface area (Å²) in [5, 5.41) is 20.7. The third kappa shape index (κ3) is 4.71. The number of benzene rings is 1. The van der Waals surface area contributed by atoms with Crippen LogP contribution in [0, 0.1) is 12.3 Å². The first-order valence-electron chi connectivity index (χ1n) is 6.04. The third-order valence-electron chi connectivity index (χ3n) is 2.92. The summed E-state index contributed by atoms with van der Waals surface area (Å²) in [6.45, 7) is 3.33. The van der Waals surface area contributed by atoms with Crippen molar-refractivity contribution in [2.75, 3.05) is 13.2 Å². The number of carboxylic acid groups (broad SMARTS) is 1. The molecule has 1 aromatic carbocycles. The molecule has 0 fully saturated rings. The summed E-state index contributed by atoms with van der Waals surface area (Å²) in [6.07, 6.45) is -0.197. The van der Waals surface area contributed by atoms with Crippen LogP contribution in [-0.2, 0) is 4.79 Å². The molecule has 3 N–H and O–H groups in total. The molecule has 5 heteroatoms. The van der Waals surface area contributed by atoms with Crippen LogP contribution in [-0.4, -0.2) is 35.2 Å². The molecule has 1 rings (SSSR count). The molecular formula is C14H19NO4. The molecule has 0 heterocycles. The van der Waals surface area contributed by atoms with E-state index in [0.717, 1.165) is 5.56 Å². The van der Waals surface area contributed by atoms with Crippen molar-refractivity contribution >= 4 is 11.9 Å². The van der Waals surface area contributed by atoms with Crippen LogP contribution in [0.3, 0.4) is 0 Å². The van der Waals surface area contributed by atoms with Gasteiger partial charge in [-0.2, -0.15) is 0 Å². The minimum absolute atomic E-state index is 0.114. The summed E-state index contributed by atoms with van der Waals surface area (Å²) in [5.74, 6) is -1.27. The van der Waals surface area contributed by atoms with Crippen LogP contribution in [0.4, 0.5) is 0 Å². The van der Waals surface area contributed by atoms with Gasteiger partial charge in [0.2, 0.25) is 0 Å². The van der Waals surface area contributed by atoms with Gasteiger partial charge in [0.05, 0.1) is 13.0 Å². The van der Waals surface area contributed by atoms with E-state index in [9.17, 15) is 14.7 Å². The lowest BCUT2D eigenvalue weighted by Crippen LogP contribution is -2.39. The second-order valence-corrected chi connectivity index (χ2v) is 5.09. The van der Waals surface area contributed by atoms with Gasteiger partial charge in [0.15, 0.2) is 0 Å². The van der Waals surface area contributed by atoms with E-state index in [1.807, 2.05) is 13.0 Å². The lowest BCUT2D eigenvalue weighted by molar-refractivity contribution is -0.140. The monoisotopic (exact) mass is 265 g/mol. The maximum Gasteiger partial charge on any atom is 0.304 e. The Balaban J connectivity index is 2.65. The predicted octanol–water partition coefficient (Wildman–Crippen LogP) is 1.20. The Bertz CT molecular complexity index is 472. The van der Waals surface area contributed by atoms with Gasteiger partial charge >= 0.3 is 5.97 Å². The summed E-state index contributed by atoms with van der Waals surface area (Å²) in [5.41, 5.74) is 0.643. The highest BCUT2D eigenvalue weighted by atomic mass is 16.4. The molecule has 5 nitrogen and oxygen atoms in total. The fourth-order valence-corrected chi connectivity index (χ4v) is 1.72. The van der Waals surface area contributed by atoms with Crippen molar-refractivity contribution in [3.05, 3.63) is 35.4 Å². The molecule has 1 atom stereocenters. The molecule has 0 radical (unpaired) electrons. The van der Waals surface area contributed by atoms with E-state index in [-0.39, 0.29) is 25.5 Å². The van der Waals surface area contributed by atoms with Crippen molar-refractivity contribution < 1.29 is 19.8 Å². The predicted molar refractivity (Wildman–Crippen MR) is 71.0 cm³/mol. The number of amides is 1. The molecule has 0 saturated carbocycles. The van der Waals surface area contributed by atoms with Crippen LogP contribution >= 0.6 is 0 Å². The number of hydrogen-bond donors (Lipinski definition) is 3. The maximum absolute atomic E-state index is 11.9. The number of carbonyl (C=O) groups excluding carboxylic acids is 1. The molecule has 1 amide bonds. The minimum atomic E-state index is -0.999. The molecule has 1 unspecified atom stereocenters. The van der Waals surface area contributed by atoms with Crippen LogP contribution in [0.25, 0.3) is 0 Å². The number of aliphatic carboxylic acids is 1. The van der Waals surface area contributed by atoms with Gasteiger partial charge in [0.25, 0.3) is 5.91 Å². The van der Waals surface area contributed by atoms with Crippen LogP contribution in [0.1, 0.15) is 29.3 Å². The molecule has 0 aliphatic rings. The van der Waals surface area contributed by atoms with Gasteiger partial charge in [-0.15, -0.1) is 0 Å². The first kappa shape index (κ1) is 15.2. The highest BCUT2D eigenvalue weighted by Gasteiger charge is 2.27. The Labute approximate surface area is 112 Å². The standard InChI is InChI=1S/C14H19NO4/c1-10-4-3-5-11(6-10)13(19)15-8-14(2,9-16)7-12(17)18/h3-6,16H,7-9H2,1-2H3,(H,15,19)(H,17,18). The van der Waals surface area contributed by atoms with Gasteiger partial charge in [-0.3, -0.25) is 9.59 Å². The van der Waals surface area contributed by atoms with E-state index >= 15 is 0 Å². The van der Waals surface area contributed by atoms with E-state index in [0.29, 0.717) is 5.56 Å². The molecular weight excluding hydrogens is 246 g/mol. The molecule has 0 bridgehead atoms. The van der Waals surface area contributed by atoms with Crippen molar-refractivity contribution in [2.45, 2.75) is 20.3 Å². The van der Waals surface area contributed by atoms with E-state index < -0.39 is 11.4 Å². The summed E-state index contributed by atoms with van der Waals surface area (Å²) in [4.78, 5) is 22.6. The van der Waals surface area contributed by atoms with E-state index in [2.05, 4.69) is 5.32 Å². The Hall–Kier alpha value is -1.88. The average molecular weight is 265 g/mol. The van der Waals surface area contributed by atoms with Gasteiger partial charge in [-0.1, -0.05) is 24.6 Å². The largest absolute Gasteiger partial charge is 0.481 e. The molecule has 0 saturated heterocycles. The number of aryl methyl sites for hydroxylation is 1. The van der Waals surface area contributed by atoms with Crippen LogP contribution in [0.2, 0.25) is 0 Å². The highest BCUT2D eigenvalue weighted by molar-refractivity contribution is 5.94. The second-order valence-electron chi connectivity index (χ2n) is 5.09.